The number of halogens is 1. The largest absolute Gasteiger partial charge is 0.383 e. The van der Waals surface area contributed by atoms with Crippen molar-refractivity contribution in [3.8, 4) is 0 Å². The quantitative estimate of drug-likeness (QED) is 0.780. The fraction of sp³-hybridized carbons (Fsp3) is 0.417. The Balaban J connectivity index is 0.00000256. The molecule has 0 saturated carbocycles. The summed E-state index contributed by atoms with van der Waals surface area (Å²) < 4.78 is 4.84. The summed E-state index contributed by atoms with van der Waals surface area (Å²) in [4.78, 5) is 11.6. The van der Waals surface area contributed by atoms with Crippen molar-refractivity contribution in [3.63, 3.8) is 0 Å². The molecule has 0 heterocycles. The van der Waals surface area contributed by atoms with Gasteiger partial charge in [-0.2, -0.15) is 0 Å². The van der Waals surface area contributed by atoms with Gasteiger partial charge in [-0.15, -0.1) is 12.4 Å². The van der Waals surface area contributed by atoms with Crippen molar-refractivity contribution in [1.29, 1.82) is 0 Å². The fourth-order valence-corrected chi connectivity index (χ4v) is 1.31. The number of nitrogens with two attached hydrogens (primary N) is 1. The zero-order chi connectivity index (χ0) is 12.0. The van der Waals surface area contributed by atoms with E-state index in [0.29, 0.717) is 13.2 Å². The first-order valence-corrected chi connectivity index (χ1v) is 5.24. The van der Waals surface area contributed by atoms with E-state index in [4.69, 9.17) is 10.5 Å². The number of nitrogens with one attached hydrogen (secondary N) is 1. The fourth-order valence-electron chi connectivity index (χ4n) is 1.31. The molecule has 3 N–H and O–H groups in total. The summed E-state index contributed by atoms with van der Waals surface area (Å²) in [6.45, 7) is 2.97. The van der Waals surface area contributed by atoms with Crippen molar-refractivity contribution < 1.29 is 9.53 Å². The Morgan fingerprint density at radius 1 is 1.41 bits per heavy atom. The number of benzene rings is 1. The molecule has 0 fully saturated rings. The highest BCUT2D eigenvalue weighted by Gasteiger charge is 2.14. The average Bonchev–Trinajstić information content (AvgIpc) is 2.29. The molecule has 4 nitrogen and oxygen atoms in total. The second kappa shape index (κ2) is 8.06. The molecule has 1 unspecified atom stereocenters. The van der Waals surface area contributed by atoms with Crippen LogP contribution >= 0.6 is 12.4 Å². The molecule has 1 amide bonds. The summed E-state index contributed by atoms with van der Waals surface area (Å²) in [5, 5.41) is 2.71. The van der Waals surface area contributed by atoms with Gasteiger partial charge in [0.05, 0.1) is 6.61 Å². The second-order valence-corrected chi connectivity index (χ2v) is 3.67. The number of ether oxygens (including phenoxy) is 1. The van der Waals surface area contributed by atoms with Crippen LogP contribution in [0.1, 0.15) is 17.2 Å². The maximum atomic E-state index is 11.6. The normalized spacial score (nSPS) is 11.5. The lowest BCUT2D eigenvalue weighted by molar-refractivity contribution is -0.122. The maximum absolute atomic E-state index is 11.6. The number of carbonyl (C=O) groups excluding carboxylic acids is 1. The lowest BCUT2D eigenvalue weighted by Crippen LogP contribution is -2.35. The third-order valence-corrected chi connectivity index (χ3v) is 2.32. The molecular formula is C12H19ClN2O2. The van der Waals surface area contributed by atoms with Crippen molar-refractivity contribution in [2.45, 2.75) is 13.0 Å². The molecule has 0 radical (unpaired) electrons. The molecule has 0 aliphatic carbocycles. The van der Waals surface area contributed by atoms with Gasteiger partial charge in [-0.25, -0.2) is 0 Å². The van der Waals surface area contributed by atoms with Crippen molar-refractivity contribution >= 4 is 18.3 Å². The third kappa shape index (κ3) is 5.17. The van der Waals surface area contributed by atoms with Gasteiger partial charge in [0, 0.05) is 13.7 Å². The lowest BCUT2D eigenvalue weighted by atomic mass is 10.1. The molecule has 0 saturated heterocycles. The highest BCUT2D eigenvalue weighted by molar-refractivity contribution is 5.85. The maximum Gasteiger partial charge on any atom is 0.241 e. The molecule has 0 aliphatic heterocycles. The van der Waals surface area contributed by atoms with E-state index in [1.54, 1.807) is 7.11 Å². The average molecular weight is 259 g/mol. The van der Waals surface area contributed by atoms with E-state index in [0.717, 1.165) is 11.1 Å². The van der Waals surface area contributed by atoms with Gasteiger partial charge in [-0.3, -0.25) is 4.79 Å². The summed E-state index contributed by atoms with van der Waals surface area (Å²) >= 11 is 0. The number of rotatable bonds is 5. The minimum atomic E-state index is -0.613. The van der Waals surface area contributed by atoms with E-state index < -0.39 is 6.04 Å². The molecule has 0 aliphatic rings. The standard InChI is InChI=1S/C12H18N2O2.ClH/c1-9-3-5-10(6-4-9)11(13)12(15)14-7-8-16-2;/h3-6,11H,7-8,13H2,1-2H3,(H,14,15);1H. The molecule has 96 valence electrons. The number of hydrogen-bond donors (Lipinski definition) is 2. The van der Waals surface area contributed by atoms with Gasteiger partial charge in [0.15, 0.2) is 0 Å². The second-order valence-electron chi connectivity index (χ2n) is 3.67. The predicted octanol–water partition coefficient (Wildman–Crippen LogP) is 1.18. The molecule has 1 rings (SSSR count). The van der Waals surface area contributed by atoms with E-state index in [9.17, 15) is 4.79 Å². The molecule has 17 heavy (non-hydrogen) atoms. The SMILES string of the molecule is COCCNC(=O)C(N)c1ccc(C)cc1.Cl. The topological polar surface area (TPSA) is 64.3 Å². The van der Waals surface area contributed by atoms with Crippen molar-refractivity contribution in [2.75, 3.05) is 20.3 Å². The molecular weight excluding hydrogens is 240 g/mol. The summed E-state index contributed by atoms with van der Waals surface area (Å²) in [7, 11) is 1.59. The molecule has 0 aromatic heterocycles. The smallest absolute Gasteiger partial charge is 0.241 e. The summed E-state index contributed by atoms with van der Waals surface area (Å²) in [6.07, 6.45) is 0. The molecule has 0 bridgehead atoms. The Morgan fingerprint density at radius 3 is 2.53 bits per heavy atom. The highest BCUT2D eigenvalue weighted by Crippen LogP contribution is 2.11. The Morgan fingerprint density at radius 2 is 2.00 bits per heavy atom. The van der Waals surface area contributed by atoms with Crippen LogP contribution in [0.4, 0.5) is 0 Å². The van der Waals surface area contributed by atoms with Crippen molar-refractivity contribution in [3.05, 3.63) is 35.4 Å². The first-order chi connectivity index (χ1) is 7.65. The number of hydrogen-bond acceptors (Lipinski definition) is 3. The van der Waals surface area contributed by atoms with E-state index >= 15 is 0 Å². The minimum absolute atomic E-state index is 0. The van der Waals surface area contributed by atoms with E-state index in [-0.39, 0.29) is 18.3 Å². The highest BCUT2D eigenvalue weighted by atomic mass is 35.5. The van der Waals surface area contributed by atoms with Crippen LogP contribution in [0.15, 0.2) is 24.3 Å². The molecule has 1 aromatic rings. The van der Waals surface area contributed by atoms with Gasteiger partial charge in [-0.05, 0) is 12.5 Å². The van der Waals surface area contributed by atoms with E-state index in [2.05, 4.69) is 5.32 Å². The van der Waals surface area contributed by atoms with Crippen LogP contribution in [-0.2, 0) is 9.53 Å². The van der Waals surface area contributed by atoms with Gasteiger partial charge < -0.3 is 15.8 Å². The van der Waals surface area contributed by atoms with Crippen LogP contribution in [0.5, 0.6) is 0 Å². The van der Waals surface area contributed by atoms with Crippen molar-refractivity contribution in [2.24, 2.45) is 5.73 Å². The number of methoxy groups -OCH3 is 1. The molecule has 1 atom stereocenters. The zero-order valence-corrected chi connectivity index (χ0v) is 10.9. The lowest BCUT2D eigenvalue weighted by Gasteiger charge is -2.12. The Labute approximate surface area is 108 Å². The van der Waals surface area contributed by atoms with Gasteiger partial charge in [0.25, 0.3) is 0 Å². The first-order valence-electron chi connectivity index (χ1n) is 5.24. The number of aryl methyl sites for hydroxylation is 1. The molecule has 5 heteroatoms. The van der Waals surface area contributed by atoms with Crippen molar-refractivity contribution in [1.82, 2.24) is 5.32 Å². The number of carbonyl (C=O) groups is 1. The van der Waals surface area contributed by atoms with Crippen LogP contribution in [0.3, 0.4) is 0 Å². The Hall–Kier alpha value is -1.10. The molecule has 0 spiro atoms. The summed E-state index contributed by atoms with van der Waals surface area (Å²) in [5.74, 6) is -0.180. The van der Waals surface area contributed by atoms with Crippen LogP contribution in [0, 0.1) is 6.92 Å². The monoisotopic (exact) mass is 258 g/mol. The zero-order valence-electron chi connectivity index (χ0n) is 10.1. The van der Waals surface area contributed by atoms with E-state index in [1.165, 1.54) is 0 Å². The Bertz CT molecular complexity index is 341. The van der Waals surface area contributed by atoms with Gasteiger partial charge in [-0.1, -0.05) is 29.8 Å². The molecule has 1 aromatic carbocycles. The van der Waals surface area contributed by atoms with Gasteiger partial charge in [0.1, 0.15) is 6.04 Å². The number of amides is 1. The first kappa shape index (κ1) is 15.9. The van der Waals surface area contributed by atoms with Gasteiger partial charge >= 0.3 is 0 Å². The minimum Gasteiger partial charge on any atom is -0.383 e. The predicted molar refractivity (Wildman–Crippen MR) is 70.2 cm³/mol. The van der Waals surface area contributed by atoms with Crippen LogP contribution in [-0.4, -0.2) is 26.2 Å². The third-order valence-electron chi connectivity index (χ3n) is 2.32. The summed E-state index contributed by atoms with van der Waals surface area (Å²) in [6, 6.07) is 7.01. The summed E-state index contributed by atoms with van der Waals surface area (Å²) in [5.41, 5.74) is 7.79. The van der Waals surface area contributed by atoms with Crippen LogP contribution in [0.25, 0.3) is 0 Å². The van der Waals surface area contributed by atoms with Gasteiger partial charge in [0.2, 0.25) is 5.91 Å². The van der Waals surface area contributed by atoms with Crippen LogP contribution in [0.2, 0.25) is 0 Å². The van der Waals surface area contributed by atoms with Crippen LogP contribution < -0.4 is 11.1 Å². The Kier molecular flexibility index (Phi) is 7.54. The van der Waals surface area contributed by atoms with E-state index in [1.807, 2.05) is 31.2 Å².